The Morgan fingerprint density at radius 1 is 1.12 bits per heavy atom. The largest absolute Gasteiger partial charge is 0.327 e. The van der Waals surface area contributed by atoms with Crippen LogP contribution in [-0.4, -0.2) is 6.04 Å². The van der Waals surface area contributed by atoms with E-state index in [4.69, 9.17) is 12.2 Å². The summed E-state index contributed by atoms with van der Waals surface area (Å²) in [5.41, 5.74) is 6.95. The summed E-state index contributed by atoms with van der Waals surface area (Å²) in [5.74, 6) is 5.76. The predicted molar refractivity (Wildman–Crippen MR) is 66.6 cm³/mol. The standard InChI is InChI=1S/C15H23N/c1-2-3-4-14(16)15-8-11-5-12(9-15)7-13(6-11)10-15/h1,11-14H,3-10,16H2. The van der Waals surface area contributed by atoms with Crippen LogP contribution in [0.4, 0.5) is 0 Å². The minimum atomic E-state index is 0.372. The van der Waals surface area contributed by atoms with Crippen molar-refractivity contribution in [2.24, 2.45) is 28.9 Å². The molecule has 4 saturated carbocycles. The maximum atomic E-state index is 6.46. The molecule has 0 spiro atoms. The SMILES string of the molecule is C#CCCC(N)C12CC3CC(CC(C3)C1)C2. The van der Waals surface area contributed by atoms with Crippen molar-refractivity contribution in [2.45, 2.75) is 57.4 Å². The van der Waals surface area contributed by atoms with Crippen LogP contribution in [0, 0.1) is 35.5 Å². The lowest BCUT2D eigenvalue weighted by molar-refractivity contribution is -0.0679. The second-order valence-electron chi connectivity index (χ2n) is 6.63. The minimum absolute atomic E-state index is 0.372. The van der Waals surface area contributed by atoms with E-state index in [1.807, 2.05) is 0 Å². The second kappa shape index (κ2) is 3.77. The number of hydrogen-bond acceptors (Lipinski definition) is 1. The number of hydrogen-bond donors (Lipinski definition) is 1. The molecule has 1 unspecified atom stereocenters. The van der Waals surface area contributed by atoms with E-state index < -0.39 is 0 Å². The van der Waals surface area contributed by atoms with E-state index in [0.29, 0.717) is 11.5 Å². The van der Waals surface area contributed by atoms with Gasteiger partial charge in [-0.05, 0) is 68.1 Å². The molecule has 0 radical (unpaired) electrons. The summed E-state index contributed by atoms with van der Waals surface area (Å²) in [6.07, 6.45) is 16.0. The zero-order valence-electron chi connectivity index (χ0n) is 10.1. The van der Waals surface area contributed by atoms with E-state index in [0.717, 1.165) is 30.6 Å². The highest BCUT2D eigenvalue weighted by Gasteiger charge is 2.52. The maximum Gasteiger partial charge on any atom is 0.0105 e. The van der Waals surface area contributed by atoms with Gasteiger partial charge in [0, 0.05) is 12.5 Å². The van der Waals surface area contributed by atoms with Gasteiger partial charge in [-0.1, -0.05) is 0 Å². The highest BCUT2D eigenvalue weighted by molar-refractivity contribution is 5.06. The van der Waals surface area contributed by atoms with Crippen LogP contribution in [0.25, 0.3) is 0 Å². The first-order chi connectivity index (χ1) is 7.72. The van der Waals surface area contributed by atoms with Gasteiger partial charge in [0.25, 0.3) is 0 Å². The van der Waals surface area contributed by atoms with Crippen LogP contribution in [0.2, 0.25) is 0 Å². The van der Waals surface area contributed by atoms with Crippen molar-refractivity contribution in [2.75, 3.05) is 0 Å². The third-order valence-electron chi connectivity index (χ3n) is 5.47. The highest BCUT2D eigenvalue weighted by Crippen LogP contribution is 2.61. The van der Waals surface area contributed by atoms with Crippen molar-refractivity contribution in [3.8, 4) is 12.3 Å². The minimum Gasteiger partial charge on any atom is -0.327 e. The van der Waals surface area contributed by atoms with E-state index in [1.54, 1.807) is 0 Å². The molecule has 4 bridgehead atoms. The van der Waals surface area contributed by atoms with Gasteiger partial charge in [-0.25, -0.2) is 0 Å². The van der Waals surface area contributed by atoms with Gasteiger partial charge >= 0.3 is 0 Å². The molecule has 1 nitrogen and oxygen atoms in total. The zero-order chi connectivity index (χ0) is 11.2. The molecule has 0 aromatic heterocycles. The van der Waals surface area contributed by atoms with E-state index in [-0.39, 0.29) is 0 Å². The average molecular weight is 217 g/mol. The Morgan fingerprint density at radius 3 is 2.06 bits per heavy atom. The lowest BCUT2D eigenvalue weighted by Gasteiger charge is -2.59. The summed E-state index contributed by atoms with van der Waals surface area (Å²) < 4.78 is 0. The van der Waals surface area contributed by atoms with Crippen molar-refractivity contribution in [1.82, 2.24) is 0 Å². The van der Waals surface area contributed by atoms with Crippen LogP contribution >= 0.6 is 0 Å². The Bertz CT molecular complexity index is 277. The summed E-state index contributed by atoms with van der Waals surface area (Å²) in [6.45, 7) is 0. The van der Waals surface area contributed by atoms with Gasteiger partial charge in [-0.3, -0.25) is 0 Å². The quantitative estimate of drug-likeness (QED) is 0.723. The van der Waals surface area contributed by atoms with Gasteiger partial charge in [0.05, 0.1) is 0 Å². The monoisotopic (exact) mass is 217 g/mol. The van der Waals surface area contributed by atoms with Gasteiger partial charge in [-0.15, -0.1) is 12.3 Å². The smallest absolute Gasteiger partial charge is 0.0105 e. The highest BCUT2D eigenvalue weighted by atomic mass is 14.7. The number of terminal acetylenes is 1. The molecule has 0 aliphatic heterocycles. The van der Waals surface area contributed by atoms with E-state index in [9.17, 15) is 0 Å². The first kappa shape index (κ1) is 10.7. The molecule has 4 aliphatic carbocycles. The van der Waals surface area contributed by atoms with E-state index in [1.165, 1.54) is 38.5 Å². The maximum absolute atomic E-state index is 6.46. The van der Waals surface area contributed by atoms with Crippen LogP contribution < -0.4 is 5.73 Å². The molecule has 0 aromatic rings. The Balaban J connectivity index is 1.75. The molecule has 0 saturated heterocycles. The Morgan fingerprint density at radius 2 is 1.62 bits per heavy atom. The molecular formula is C15H23N. The fraction of sp³-hybridized carbons (Fsp3) is 0.867. The van der Waals surface area contributed by atoms with Crippen molar-refractivity contribution >= 4 is 0 Å². The molecule has 0 amide bonds. The first-order valence-corrected chi connectivity index (χ1v) is 6.91. The predicted octanol–water partition coefficient (Wildman–Crippen LogP) is 2.94. The fourth-order valence-corrected chi connectivity index (χ4v) is 5.18. The van der Waals surface area contributed by atoms with Crippen LogP contribution in [0.1, 0.15) is 51.4 Å². The normalized spacial score (nSPS) is 46.6. The lowest BCUT2D eigenvalue weighted by Crippen LogP contribution is -2.54. The average Bonchev–Trinajstić information content (AvgIpc) is 2.24. The van der Waals surface area contributed by atoms with Gasteiger partial charge in [0.1, 0.15) is 0 Å². The third-order valence-corrected chi connectivity index (χ3v) is 5.47. The van der Waals surface area contributed by atoms with Crippen LogP contribution in [-0.2, 0) is 0 Å². The summed E-state index contributed by atoms with van der Waals surface area (Å²) in [6, 6.07) is 0.372. The fourth-order valence-electron chi connectivity index (χ4n) is 5.18. The topological polar surface area (TPSA) is 26.0 Å². The van der Waals surface area contributed by atoms with Crippen LogP contribution in [0.3, 0.4) is 0 Å². The molecule has 1 heteroatoms. The third kappa shape index (κ3) is 1.59. The molecule has 4 rings (SSSR count). The van der Waals surface area contributed by atoms with E-state index in [2.05, 4.69) is 5.92 Å². The van der Waals surface area contributed by atoms with Crippen molar-refractivity contribution in [3.05, 3.63) is 0 Å². The molecule has 0 heterocycles. The Labute approximate surface area is 99.2 Å². The lowest BCUT2D eigenvalue weighted by atomic mass is 9.47. The molecular weight excluding hydrogens is 194 g/mol. The second-order valence-corrected chi connectivity index (χ2v) is 6.63. The Kier molecular flexibility index (Phi) is 2.51. The van der Waals surface area contributed by atoms with Gasteiger partial charge in [-0.2, -0.15) is 0 Å². The van der Waals surface area contributed by atoms with Crippen LogP contribution in [0.15, 0.2) is 0 Å². The van der Waals surface area contributed by atoms with Crippen molar-refractivity contribution < 1.29 is 0 Å². The number of rotatable bonds is 3. The van der Waals surface area contributed by atoms with Crippen molar-refractivity contribution in [3.63, 3.8) is 0 Å². The Hall–Kier alpha value is -0.480. The summed E-state index contributed by atoms with van der Waals surface area (Å²) in [4.78, 5) is 0. The number of nitrogens with two attached hydrogens (primary N) is 1. The van der Waals surface area contributed by atoms with Gasteiger partial charge in [0.2, 0.25) is 0 Å². The molecule has 1 atom stereocenters. The van der Waals surface area contributed by atoms with Crippen molar-refractivity contribution in [1.29, 1.82) is 0 Å². The molecule has 16 heavy (non-hydrogen) atoms. The molecule has 4 fully saturated rings. The molecule has 0 aromatic carbocycles. The molecule has 2 N–H and O–H groups in total. The zero-order valence-corrected chi connectivity index (χ0v) is 10.1. The summed E-state index contributed by atoms with van der Waals surface area (Å²) in [5, 5.41) is 0. The summed E-state index contributed by atoms with van der Waals surface area (Å²) >= 11 is 0. The van der Waals surface area contributed by atoms with Gasteiger partial charge < -0.3 is 5.73 Å². The molecule has 88 valence electrons. The first-order valence-electron chi connectivity index (χ1n) is 6.91. The van der Waals surface area contributed by atoms with Gasteiger partial charge in [0.15, 0.2) is 0 Å². The summed E-state index contributed by atoms with van der Waals surface area (Å²) in [7, 11) is 0. The molecule has 4 aliphatic rings. The van der Waals surface area contributed by atoms with E-state index >= 15 is 0 Å². The van der Waals surface area contributed by atoms with Crippen LogP contribution in [0.5, 0.6) is 0 Å².